The molecule has 0 aliphatic carbocycles. The first-order chi connectivity index (χ1) is 12.5. The van der Waals surface area contributed by atoms with Gasteiger partial charge in [0.25, 0.3) is 0 Å². The van der Waals surface area contributed by atoms with Crippen molar-refractivity contribution in [3.8, 4) is 0 Å². The van der Waals surface area contributed by atoms with Crippen molar-refractivity contribution < 1.29 is 4.79 Å². The molecule has 26 heavy (non-hydrogen) atoms. The number of benzene rings is 1. The van der Waals surface area contributed by atoms with Crippen LogP contribution in [-0.4, -0.2) is 51.7 Å². The van der Waals surface area contributed by atoms with E-state index in [0.29, 0.717) is 29.6 Å². The molecule has 0 N–H and O–H groups in total. The Morgan fingerprint density at radius 2 is 1.85 bits per heavy atom. The van der Waals surface area contributed by atoms with Gasteiger partial charge in [-0.25, -0.2) is 0 Å². The minimum atomic E-state index is 0.173. The number of piperazine rings is 1. The van der Waals surface area contributed by atoms with Crippen LogP contribution in [0.25, 0.3) is 0 Å². The first kappa shape index (κ1) is 19.7. The van der Waals surface area contributed by atoms with Crippen molar-refractivity contribution in [3.05, 3.63) is 50.2 Å². The Kier molecular flexibility index (Phi) is 6.61. The van der Waals surface area contributed by atoms with Crippen molar-refractivity contribution in [2.24, 2.45) is 0 Å². The van der Waals surface area contributed by atoms with E-state index in [2.05, 4.69) is 25.9 Å². The molecule has 2 aromatic rings. The first-order valence-electron chi connectivity index (χ1n) is 8.56. The van der Waals surface area contributed by atoms with Gasteiger partial charge in [-0.05, 0) is 35.0 Å². The van der Waals surface area contributed by atoms with Crippen LogP contribution in [-0.2, 0) is 17.9 Å². The Labute approximate surface area is 172 Å². The summed E-state index contributed by atoms with van der Waals surface area (Å²) in [4.78, 5) is 16.7. The lowest BCUT2D eigenvalue weighted by Crippen LogP contribution is -2.48. The predicted molar refractivity (Wildman–Crippen MR) is 108 cm³/mol. The molecule has 1 aromatic carbocycles. The summed E-state index contributed by atoms with van der Waals surface area (Å²) in [6.45, 7) is 6.39. The molecular formula is C18H21BrCl2N4O. The molecular weight excluding hydrogens is 439 g/mol. The smallest absolute Gasteiger partial charge is 0.224 e. The number of halogens is 3. The maximum atomic E-state index is 12.5. The van der Waals surface area contributed by atoms with Gasteiger partial charge in [-0.15, -0.1) is 0 Å². The maximum absolute atomic E-state index is 12.5. The van der Waals surface area contributed by atoms with Crippen molar-refractivity contribution in [3.63, 3.8) is 0 Å². The van der Waals surface area contributed by atoms with E-state index in [9.17, 15) is 4.79 Å². The zero-order valence-corrected chi connectivity index (χ0v) is 17.7. The van der Waals surface area contributed by atoms with E-state index in [4.69, 9.17) is 23.2 Å². The van der Waals surface area contributed by atoms with E-state index in [1.54, 1.807) is 6.20 Å². The van der Waals surface area contributed by atoms with Gasteiger partial charge in [-0.2, -0.15) is 5.10 Å². The summed E-state index contributed by atoms with van der Waals surface area (Å²) < 4.78 is 2.83. The molecule has 140 valence electrons. The molecule has 0 spiro atoms. The second kappa shape index (κ2) is 8.74. The molecule has 1 amide bonds. The van der Waals surface area contributed by atoms with Crippen LogP contribution in [0.4, 0.5) is 0 Å². The highest BCUT2D eigenvalue weighted by atomic mass is 79.9. The highest BCUT2D eigenvalue weighted by Crippen LogP contribution is 2.26. The monoisotopic (exact) mass is 458 g/mol. The van der Waals surface area contributed by atoms with E-state index in [1.165, 1.54) is 0 Å². The topological polar surface area (TPSA) is 41.4 Å². The minimum Gasteiger partial charge on any atom is -0.340 e. The number of hydrogen-bond donors (Lipinski definition) is 0. The summed E-state index contributed by atoms with van der Waals surface area (Å²) in [6.07, 6.45) is 2.23. The van der Waals surface area contributed by atoms with Crippen molar-refractivity contribution in [2.45, 2.75) is 26.4 Å². The quantitative estimate of drug-likeness (QED) is 0.678. The van der Waals surface area contributed by atoms with E-state index in [0.717, 1.165) is 41.9 Å². The van der Waals surface area contributed by atoms with Crippen LogP contribution in [0.15, 0.2) is 28.9 Å². The van der Waals surface area contributed by atoms with Gasteiger partial charge in [0.2, 0.25) is 5.91 Å². The third kappa shape index (κ3) is 4.60. The SMILES string of the molecule is Cc1c(Br)cnn1CCC(=O)N1CCN(Cc2c(Cl)cccc2Cl)CC1. The average Bonchev–Trinajstić information content (AvgIpc) is 2.95. The second-order valence-electron chi connectivity index (χ2n) is 6.41. The van der Waals surface area contributed by atoms with Crippen molar-refractivity contribution >= 4 is 45.0 Å². The zero-order chi connectivity index (χ0) is 18.7. The number of aryl methyl sites for hydroxylation is 1. The highest BCUT2D eigenvalue weighted by Gasteiger charge is 2.22. The van der Waals surface area contributed by atoms with Gasteiger partial charge in [0.05, 0.1) is 10.7 Å². The van der Waals surface area contributed by atoms with E-state index >= 15 is 0 Å². The number of rotatable bonds is 5. The fourth-order valence-electron chi connectivity index (χ4n) is 3.07. The third-order valence-corrected chi connectivity index (χ3v) is 6.24. The molecule has 5 nitrogen and oxygen atoms in total. The Bertz CT molecular complexity index is 767. The molecule has 1 fully saturated rings. The van der Waals surface area contributed by atoms with E-state index < -0.39 is 0 Å². The average molecular weight is 460 g/mol. The lowest BCUT2D eigenvalue weighted by molar-refractivity contribution is -0.133. The van der Waals surface area contributed by atoms with Crippen LogP contribution in [0.2, 0.25) is 10.0 Å². The number of amides is 1. The standard InChI is InChI=1S/C18H21BrCl2N4O/c1-13-15(19)11-22-25(13)6-5-18(26)24-9-7-23(8-10-24)12-14-16(20)3-2-4-17(14)21/h2-4,11H,5-10,12H2,1H3. The number of nitrogens with zero attached hydrogens (tertiary/aromatic N) is 4. The largest absolute Gasteiger partial charge is 0.340 e. The van der Waals surface area contributed by atoms with Crippen molar-refractivity contribution in [1.82, 2.24) is 19.6 Å². The minimum absolute atomic E-state index is 0.173. The molecule has 1 aliphatic rings. The Hall–Kier alpha value is -1.08. The summed E-state index contributed by atoms with van der Waals surface area (Å²) in [5.74, 6) is 0.173. The fraction of sp³-hybridized carbons (Fsp3) is 0.444. The molecule has 1 aromatic heterocycles. The molecule has 0 radical (unpaired) electrons. The van der Waals surface area contributed by atoms with Gasteiger partial charge in [-0.1, -0.05) is 29.3 Å². The fourth-order valence-corrected chi connectivity index (χ4v) is 3.88. The highest BCUT2D eigenvalue weighted by molar-refractivity contribution is 9.10. The maximum Gasteiger partial charge on any atom is 0.224 e. The van der Waals surface area contributed by atoms with E-state index in [1.807, 2.05) is 34.7 Å². The van der Waals surface area contributed by atoms with Crippen molar-refractivity contribution in [2.75, 3.05) is 26.2 Å². The molecule has 8 heteroatoms. The van der Waals surface area contributed by atoms with Crippen LogP contribution in [0.5, 0.6) is 0 Å². The molecule has 3 rings (SSSR count). The molecule has 1 aliphatic heterocycles. The summed E-state index contributed by atoms with van der Waals surface area (Å²) in [5, 5.41) is 5.66. The summed E-state index contributed by atoms with van der Waals surface area (Å²) in [7, 11) is 0. The molecule has 0 unspecified atom stereocenters. The lowest BCUT2D eigenvalue weighted by Gasteiger charge is -2.35. The molecule has 1 saturated heterocycles. The van der Waals surface area contributed by atoms with Gasteiger partial charge < -0.3 is 4.90 Å². The van der Waals surface area contributed by atoms with Crippen LogP contribution >= 0.6 is 39.1 Å². The van der Waals surface area contributed by atoms with Gasteiger partial charge in [0.1, 0.15) is 0 Å². The second-order valence-corrected chi connectivity index (χ2v) is 8.08. The lowest BCUT2D eigenvalue weighted by atomic mass is 10.2. The normalized spacial score (nSPS) is 15.5. The Morgan fingerprint density at radius 1 is 1.19 bits per heavy atom. The summed E-state index contributed by atoms with van der Waals surface area (Å²) in [6, 6.07) is 5.57. The first-order valence-corrected chi connectivity index (χ1v) is 10.1. The van der Waals surface area contributed by atoms with Crippen LogP contribution < -0.4 is 0 Å². The predicted octanol–water partition coefficient (Wildman–Crippen LogP) is 4.00. The molecule has 0 atom stereocenters. The Balaban J connectivity index is 1.48. The molecule has 0 saturated carbocycles. The number of carbonyl (C=O) groups is 1. The number of hydrogen-bond acceptors (Lipinski definition) is 3. The number of carbonyl (C=O) groups excluding carboxylic acids is 1. The van der Waals surface area contributed by atoms with Crippen LogP contribution in [0, 0.1) is 6.92 Å². The van der Waals surface area contributed by atoms with Gasteiger partial charge >= 0.3 is 0 Å². The summed E-state index contributed by atoms with van der Waals surface area (Å²) >= 11 is 15.9. The van der Waals surface area contributed by atoms with Gasteiger partial charge in [0.15, 0.2) is 0 Å². The van der Waals surface area contributed by atoms with E-state index in [-0.39, 0.29) is 5.91 Å². The molecule has 0 bridgehead atoms. The van der Waals surface area contributed by atoms with Crippen molar-refractivity contribution in [1.29, 1.82) is 0 Å². The zero-order valence-electron chi connectivity index (χ0n) is 14.6. The van der Waals surface area contributed by atoms with Gasteiger partial charge in [-0.3, -0.25) is 14.4 Å². The number of aromatic nitrogens is 2. The van der Waals surface area contributed by atoms with Crippen LogP contribution in [0.1, 0.15) is 17.7 Å². The molecule has 2 heterocycles. The van der Waals surface area contributed by atoms with Gasteiger partial charge in [0, 0.05) is 67.0 Å². The Morgan fingerprint density at radius 3 is 2.42 bits per heavy atom. The van der Waals surface area contributed by atoms with Crippen LogP contribution in [0.3, 0.4) is 0 Å². The third-order valence-electron chi connectivity index (χ3n) is 4.75. The summed E-state index contributed by atoms with van der Waals surface area (Å²) in [5.41, 5.74) is 1.99.